The maximum absolute atomic E-state index is 12.0. The highest BCUT2D eigenvalue weighted by atomic mass is 16.5. The molecule has 0 saturated carbocycles. The van der Waals surface area contributed by atoms with E-state index in [1.807, 2.05) is 36.4 Å². The number of aryl methyl sites for hydroxylation is 1. The first-order valence-electron chi connectivity index (χ1n) is 9.51. The number of carbonyl (C=O) groups is 2. The number of aliphatic hydroxyl groups is 2. The number of alkyl carbamates (subject to hydrolysis) is 1. The van der Waals surface area contributed by atoms with E-state index in [1.54, 1.807) is 12.1 Å². The molecule has 28 heavy (non-hydrogen) atoms. The molecule has 1 amide bonds. The van der Waals surface area contributed by atoms with Gasteiger partial charge in [-0.05, 0) is 42.0 Å². The normalized spacial score (nSPS) is 15.4. The van der Waals surface area contributed by atoms with Crippen LogP contribution in [0.3, 0.4) is 0 Å². The van der Waals surface area contributed by atoms with Crippen molar-refractivity contribution in [1.29, 1.82) is 0 Å². The van der Waals surface area contributed by atoms with Gasteiger partial charge in [-0.3, -0.25) is 4.79 Å². The Bertz CT molecular complexity index is 821. The number of benzene rings is 2. The molecule has 1 aliphatic rings. The van der Waals surface area contributed by atoms with Crippen LogP contribution in [0, 0.1) is 0 Å². The Hall–Kier alpha value is -2.70. The van der Waals surface area contributed by atoms with Gasteiger partial charge in [-0.15, -0.1) is 0 Å². The third-order valence-corrected chi connectivity index (χ3v) is 4.91. The van der Waals surface area contributed by atoms with E-state index in [0.717, 1.165) is 24.0 Å². The van der Waals surface area contributed by atoms with Gasteiger partial charge in [0.25, 0.3) is 0 Å². The number of Topliss-reactive ketones (excluding diaryl/α,β-unsaturated/α-hetero) is 1. The smallest absolute Gasteiger partial charge is 0.407 e. The number of nitrogens with one attached hydrogen (secondary N) is 1. The van der Waals surface area contributed by atoms with Crippen LogP contribution in [-0.2, 0) is 17.8 Å². The number of carbonyl (C=O) groups excluding carboxylic acids is 2. The largest absolute Gasteiger partial charge is 0.445 e. The Kier molecular flexibility index (Phi) is 6.79. The van der Waals surface area contributed by atoms with Gasteiger partial charge in [-0.25, -0.2) is 4.79 Å². The third-order valence-electron chi connectivity index (χ3n) is 4.91. The molecule has 1 aliphatic carbocycles. The summed E-state index contributed by atoms with van der Waals surface area (Å²) in [5, 5.41) is 23.2. The van der Waals surface area contributed by atoms with Crippen molar-refractivity contribution in [1.82, 2.24) is 5.32 Å². The molecule has 0 heterocycles. The minimum absolute atomic E-state index is 0.0765. The third kappa shape index (κ3) is 5.18. The van der Waals surface area contributed by atoms with Crippen molar-refractivity contribution in [2.24, 2.45) is 0 Å². The summed E-state index contributed by atoms with van der Waals surface area (Å²) in [6.07, 6.45) is -0.382. The zero-order valence-electron chi connectivity index (χ0n) is 15.6. The van der Waals surface area contributed by atoms with Gasteiger partial charge < -0.3 is 20.3 Å². The Morgan fingerprint density at radius 3 is 2.68 bits per heavy atom. The van der Waals surface area contributed by atoms with Gasteiger partial charge in [0.2, 0.25) is 0 Å². The number of rotatable bonds is 7. The topological polar surface area (TPSA) is 95.9 Å². The molecule has 148 valence electrons. The fourth-order valence-electron chi connectivity index (χ4n) is 3.31. The summed E-state index contributed by atoms with van der Waals surface area (Å²) in [6, 6.07) is 14.6. The lowest BCUT2D eigenvalue weighted by atomic mass is 9.88. The lowest BCUT2D eigenvalue weighted by molar-refractivity contribution is 0.0136. The molecule has 0 spiro atoms. The second kappa shape index (κ2) is 9.48. The van der Waals surface area contributed by atoms with Crippen molar-refractivity contribution in [3.63, 3.8) is 0 Å². The molecule has 0 aromatic heterocycles. The zero-order valence-corrected chi connectivity index (χ0v) is 15.6. The van der Waals surface area contributed by atoms with Gasteiger partial charge >= 0.3 is 6.09 Å². The molecule has 2 atom stereocenters. The average Bonchev–Trinajstić information content (AvgIpc) is 2.72. The van der Waals surface area contributed by atoms with Crippen LogP contribution in [0.1, 0.15) is 52.4 Å². The fraction of sp³-hybridized carbons (Fsp3) is 0.364. The molecule has 0 saturated heterocycles. The van der Waals surface area contributed by atoms with Crippen LogP contribution in [0.25, 0.3) is 0 Å². The molecule has 2 aromatic carbocycles. The number of hydrogen-bond acceptors (Lipinski definition) is 5. The lowest BCUT2D eigenvalue weighted by Gasteiger charge is -2.21. The lowest BCUT2D eigenvalue weighted by Crippen LogP contribution is -2.30. The second-order valence-corrected chi connectivity index (χ2v) is 6.98. The number of aliphatic hydroxyl groups excluding tert-OH is 2. The van der Waals surface area contributed by atoms with Gasteiger partial charge in [-0.2, -0.15) is 0 Å². The molecule has 2 aromatic rings. The molecule has 0 bridgehead atoms. The molecule has 3 N–H and O–H groups in total. The van der Waals surface area contributed by atoms with E-state index in [0.29, 0.717) is 17.5 Å². The minimum atomic E-state index is -1.12. The minimum Gasteiger partial charge on any atom is -0.445 e. The van der Waals surface area contributed by atoms with Crippen molar-refractivity contribution >= 4 is 11.9 Å². The van der Waals surface area contributed by atoms with E-state index in [9.17, 15) is 19.8 Å². The first kappa shape index (κ1) is 20.0. The van der Waals surface area contributed by atoms with Gasteiger partial charge in [0.05, 0.1) is 6.10 Å². The highest BCUT2D eigenvalue weighted by molar-refractivity contribution is 5.98. The quantitative estimate of drug-likeness (QED) is 0.683. The summed E-state index contributed by atoms with van der Waals surface area (Å²) in [5.41, 5.74) is 3.02. The molecule has 0 radical (unpaired) electrons. The Labute approximate surface area is 164 Å². The molecular formula is C22H25NO5. The van der Waals surface area contributed by atoms with Crippen LogP contribution in [-0.4, -0.2) is 34.7 Å². The van der Waals surface area contributed by atoms with Crippen molar-refractivity contribution in [3.05, 3.63) is 70.8 Å². The van der Waals surface area contributed by atoms with Crippen LogP contribution in [0.5, 0.6) is 0 Å². The van der Waals surface area contributed by atoms with Crippen LogP contribution in [0.15, 0.2) is 48.5 Å². The van der Waals surface area contributed by atoms with E-state index in [1.165, 1.54) is 0 Å². The van der Waals surface area contributed by atoms with Gasteiger partial charge in [0.15, 0.2) is 5.78 Å². The number of ketones is 1. The number of fused-ring (bicyclic) bond motifs is 1. The number of amides is 1. The fourth-order valence-corrected chi connectivity index (χ4v) is 3.31. The first-order valence-corrected chi connectivity index (χ1v) is 9.51. The number of ether oxygens (including phenoxy) is 1. The summed E-state index contributed by atoms with van der Waals surface area (Å²) in [6.45, 7) is 0.330. The first-order chi connectivity index (χ1) is 13.5. The summed E-state index contributed by atoms with van der Waals surface area (Å²) >= 11 is 0. The molecule has 6 heteroatoms. The van der Waals surface area contributed by atoms with Crippen LogP contribution in [0.4, 0.5) is 4.79 Å². The molecule has 0 fully saturated rings. The van der Waals surface area contributed by atoms with Crippen LogP contribution in [0.2, 0.25) is 0 Å². The maximum atomic E-state index is 12.0. The van der Waals surface area contributed by atoms with Gasteiger partial charge in [0, 0.05) is 18.5 Å². The van der Waals surface area contributed by atoms with Crippen LogP contribution >= 0.6 is 0 Å². The maximum Gasteiger partial charge on any atom is 0.407 e. The van der Waals surface area contributed by atoms with Crippen LogP contribution < -0.4 is 5.32 Å². The molecule has 6 nitrogen and oxygen atoms in total. The monoisotopic (exact) mass is 383 g/mol. The summed E-state index contributed by atoms with van der Waals surface area (Å²) < 4.78 is 5.10. The van der Waals surface area contributed by atoms with Crippen molar-refractivity contribution in [2.75, 3.05) is 6.54 Å². The van der Waals surface area contributed by atoms with E-state index < -0.39 is 18.3 Å². The van der Waals surface area contributed by atoms with Crippen molar-refractivity contribution in [2.45, 2.75) is 44.5 Å². The van der Waals surface area contributed by atoms with Crippen molar-refractivity contribution in [3.8, 4) is 0 Å². The highest BCUT2D eigenvalue weighted by Gasteiger charge is 2.22. The van der Waals surface area contributed by atoms with Crippen molar-refractivity contribution < 1.29 is 24.5 Å². The predicted molar refractivity (Wildman–Crippen MR) is 104 cm³/mol. The zero-order chi connectivity index (χ0) is 19.9. The van der Waals surface area contributed by atoms with E-state index >= 15 is 0 Å². The summed E-state index contributed by atoms with van der Waals surface area (Å²) in [5.74, 6) is 0.0765. The van der Waals surface area contributed by atoms with Gasteiger partial charge in [-0.1, -0.05) is 42.5 Å². The second-order valence-electron chi connectivity index (χ2n) is 6.98. The standard InChI is InChI=1S/C22H25NO5/c24-19-8-4-7-16-9-10-17(13-18(16)19)21(26)20(25)11-12-23-22(27)28-14-15-5-2-1-3-6-15/h1-3,5-6,9-10,13,20-21,25-26H,4,7-8,11-12,14H2,(H,23,27). The molecule has 0 aliphatic heterocycles. The molecule has 3 rings (SSSR count). The highest BCUT2D eigenvalue weighted by Crippen LogP contribution is 2.26. The Morgan fingerprint density at radius 2 is 1.89 bits per heavy atom. The molecular weight excluding hydrogens is 358 g/mol. The van der Waals surface area contributed by atoms with Gasteiger partial charge in [0.1, 0.15) is 12.7 Å². The predicted octanol–water partition coefficient (Wildman–Crippen LogP) is 2.92. The summed E-state index contributed by atoms with van der Waals surface area (Å²) in [4.78, 5) is 23.8. The average molecular weight is 383 g/mol. The van der Waals surface area contributed by atoms with E-state index in [4.69, 9.17) is 4.74 Å². The number of hydrogen-bond donors (Lipinski definition) is 3. The Balaban J connectivity index is 1.45. The SMILES string of the molecule is O=C(NCCC(O)C(O)c1ccc2c(c1)C(=O)CCC2)OCc1ccccc1. The van der Waals surface area contributed by atoms with E-state index in [-0.39, 0.29) is 25.4 Å². The Morgan fingerprint density at radius 1 is 1.11 bits per heavy atom. The molecule has 2 unspecified atom stereocenters. The van der Waals surface area contributed by atoms with E-state index in [2.05, 4.69) is 5.32 Å². The summed E-state index contributed by atoms with van der Waals surface area (Å²) in [7, 11) is 0.